The molecule has 6 heteroatoms. The predicted octanol–water partition coefficient (Wildman–Crippen LogP) is 1.66. The summed E-state index contributed by atoms with van der Waals surface area (Å²) in [5.41, 5.74) is 1.53. The van der Waals surface area contributed by atoms with Crippen LogP contribution in [0.15, 0.2) is 30.6 Å². The third-order valence-electron chi connectivity index (χ3n) is 2.13. The number of nitrogens with one attached hydrogen (secondary N) is 1. The Labute approximate surface area is 103 Å². The van der Waals surface area contributed by atoms with Crippen molar-refractivity contribution in [3.63, 3.8) is 0 Å². The molecule has 0 aliphatic heterocycles. The van der Waals surface area contributed by atoms with Gasteiger partial charge in [-0.05, 0) is 12.1 Å². The number of hydrogen-bond donors (Lipinski definition) is 1. The molecule has 5 nitrogen and oxygen atoms in total. The molecule has 0 spiro atoms. The summed E-state index contributed by atoms with van der Waals surface area (Å²) in [4.78, 5) is 15.3. The number of halogens is 1. The smallest absolute Gasteiger partial charge is 0.239 e. The van der Waals surface area contributed by atoms with Gasteiger partial charge in [0.05, 0.1) is 0 Å². The summed E-state index contributed by atoms with van der Waals surface area (Å²) in [5.74, 6) is 0.318. The Morgan fingerprint density at radius 1 is 1.53 bits per heavy atom. The van der Waals surface area contributed by atoms with Gasteiger partial charge in [-0.25, -0.2) is 4.98 Å². The number of hydrogen-bond acceptors (Lipinski definition) is 3. The second kappa shape index (κ2) is 4.97. The lowest BCUT2D eigenvalue weighted by Gasteiger charge is -2.03. The van der Waals surface area contributed by atoms with Gasteiger partial charge in [-0.1, -0.05) is 12.1 Å². The zero-order valence-electron chi connectivity index (χ0n) is 9.22. The van der Waals surface area contributed by atoms with Crippen LogP contribution < -0.4 is 5.32 Å². The molecule has 0 aliphatic rings. The van der Waals surface area contributed by atoms with E-state index in [1.165, 1.54) is 0 Å². The van der Waals surface area contributed by atoms with Crippen LogP contribution in [0.4, 0.5) is 5.69 Å². The Balaban J connectivity index is 2.25. The highest BCUT2D eigenvalue weighted by Crippen LogP contribution is 2.18. The number of rotatable bonds is 3. The van der Waals surface area contributed by atoms with Gasteiger partial charge in [0, 0.05) is 18.3 Å². The number of alkyl halides is 1. The van der Waals surface area contributed by atoms with Gasteiger partial charge in [-0.2, -0.15) is 5.10 Å². The van der Waals surface area contributed by atoms with Gasteiger partial charge in [-0.15, -0.1) is 11.6 Å². The molecule has 17 heavy (non-hydrogen) atoms. The number of nitrogens with zero attached hydrogens (tertiary/aromatic N) is 3. The Kier molecular flexibility index (Phi) is 3.39. The molecule has 0 aliphatic carbocycles. The molecular weight excluding hydrogens is 240 g/mol. The fourth-order valence-electron chi connectivity index (χ4n) is 1.40. The van der Waals surface area contributed by atoms with E-state index in [1.54, 1.807) is 30.2 Å². The first kappa shape index (κ1) is 11.6. The summed E-state index contributed by atoms with van der Waals surface area (Å²) in [6.07, 6.45) is 1.62. The molecule has 88 valence electrons. The molecule has 0 saturated heterocycles. The van der Waals surface area contributed by atoms with Gasteiger partial charge in [0.2, 0.25) is 5.91 Å². The number of aryl methyl sites for hydroxylation is 1. The Morgan fingerprint density at radius 2 is 2.35 bits per heavy atom. The summed E-state index contributed by atoms with van der Waals surface area (Å²) in [5, 5.41) is 6.86. The first-order valence-corrected chi connectivity index (χ1v) is 5.54. The molecule has 1 aromatic carbocycles. The normalized spacial score (nSPS) is 10.2. The van der Waals surface area contributed by atoms with E-state index < -0.39 is 0 Å². The zero-order chi connectivity index (χ0) is 12.3. The lowest BCUT2D eigenvalue weighted by atomic mass is 10.2. The van der Waals surface area contributed by atoms with Gasteiger partial charge >= 0.3 is 0 Å². The molecule has 0 atom stereocenters. The summed E-state index contributed by atoms with van der Waals surface area (Å²) in [6.45, 7) is 0. The third-order valence-corrected chi connectivity index (χ3v) is 2.37. The predicted molar refractivity (Wildman–Crippen MR) is 65.8 cm³/mol. The maximum Gasteiger partial charge on any atom is 0.239 e. The van der Waals surface area contributed by atoms with E-state index in [0.29, 0.717) is 11.5 Å². The molecular formula is C11H11ClN4O. The molecule has 0 bridgehead atoms. The summed E-state index contributed by atoms with van der Waals surface area (Å²) in [6, 6.07) is 7.30. The van der Waals surface area contributed by atoms with Crippen molar-refractivity contribution in [3.05, 3.63) is 30.6 Å². The molecule has 1 N–H and O–H groups in total. The number of aromatic nitrogens is 3. The van der Waals surface area contributed by atoms with Gasteiger partial charge in [0.25, 0.3) is 0 Å². The molecule has 0 saturated carbocycles. The Hall–Kier alpha value is -1.88. The average Bonchev–Trinajstić information content (AvgIpc) is 2.76. The fraction of sp³-hybridized carbons (Fsp3) is 0.182. The number of benzene rings is 1. The molecule has 1 amide bonds. The minimum atomic E-state index is -0.238. The minimum Gasteiger partial charge on any atom is -0.325 e. The van der Waals surface area contributed by atoms with Crippen molar-refractivity contribution in [2.24, 2.45) is 7.05 Å². The minimum absolute atomic E-state index is 0.0634. The van der Waals surface area contributed by atoms with E-state index in [0.717, 1.165) is 5.56 Å². The number of amides is 1. The third kappa shape index (κ3) is 2.82. The van der Waals surface area contributed by atoms with Crippen molar-refractivity contribution >= 4 is 23.2 Å². The maximum absolute atomic E-state index is 11.2. The van der Waals surface area contributed by atoms with E-state index in [2.05, 4.69) is 15.4 Å². The standard InChI is InChI=1S/C11H11ClN4O/c1-16-7-13-11(15-16)8-3-2-4-9(5-8)14-10(17)6-12/h2-5,7H,6H2,1H3,(H,14,17). The van der Waals surface area contributed by atoms with Crippen LogP contribution in [0.1, 0.15) is 0 Å². The van der Waals surface area contributed by atoms with Crippen molar-refractivity contribution in [3.8, 4) is 11.4 Å². The Morgan fingerprint density at radius 3 is 3.00 bits per heavy atom. The van der Waals surface area contributed by atoms with Crippen LogP contribution >= 0.6 is 11.6 Å². The summed E-state index contributed by atoms with van der Waals surface area (Å²) >= 11 is 5.42. The van der Waals surface area contributed by atoms with Gasteiger partial charge in [0.1, 0.15) is 12.2 Å². The Bertz CT molecular complexity index is 538. The summed E-state index contributed by atoms with van der Waals surface area (Å²) < 4.78 is 1.62. The monoisotopic (exact) mass is 250 g/mol. The SMILES string of the molecule is Cn1cnc(-c2cccc(NC(=O)CCl)c2)n1. The molecule has 1 heterocycles. The van der Waals surface area contributed by atoms with Gasteiger partial charge < -0.3 is 5.32 Å². The van der Waals surface area contributed by atoms with Crippen molar-refractivity contribution in [2.45, 2.75) is 0 Å². The molecule has 2 aromatic rings. The number of anilines is 1. The molecule has 0 radical (unpaired) electrons. The van der Waals surface area contributed by atoms with Crippen molar-refractivity contribution < 1.29 is 4.79 Å². The lowest BCUT2D eigenvalue weighted by molar-refractivity contribution is -0.113. The van der Waals surface area contributed by atoms with Crippen LogP contribution in [0.3, 0.4) is 0 Å². The van der Waals surface area contributed by atoms with E-state index in [1.807, 2.05) is 12.1 Å². The molecule has 0 unspecified atom stereocenters. The average molecular weight is 251 g/mol. The van der Waals surface area contributed by atoms with E-state index in [4.69, 9.17) is 11.6 Å². The maximum atomic E-state index is 11.2. The highest BCUT2D eigenvalue weighted by molar-refractivity contribution is 6.29. The van der Waals surface area contributed by atoms with Crippen molar-refractivity contribution in [1.82, 2.24) is 14.8 Å². The van der Waals surface area contributed by atoms with Crippen LogP contribution in [-0.2, 0) is 11.8 Å². The van der Waals surface area contributed by atoms with Crippen LogP contribution in [0.5, 0.6) is 0 Å². The fourth-order valence-corrected chi connectivity index (χ4v) is 1.47. The van der Waals surface area contributed by atoms with Crippen molar-refractivity contribution in [2.75, 3.05) is 11.2 Å². The van der Waals surface area contributed by atoms with E-state index in [9.17, 15) is 4.79 Å². The highest BCUT2D eigenvalue weighted by atomic mass is 35.5. The highest BCUT2D eigenvalue weighted by Gasteiger charge is 2.05. The van der Waals surface area contributed by atoms with Crippen LogP contribution in [-0.4, -0.2) is 26.6 Å². The zero-order valence-corrected chi connectivity index (χ0v) is 9.98. The van der Waals surface area contributed by atoms with Crippen LogP contribution in [0.25, 0.3) is 11.4 Å². The first-order valence-electron chi connectivity index (χ1n) is 5.01. The second-order valence-corrected chi connectivity index (χ2v) is 3.77. The topological polar surface area (TPSA) is 59.8 Å². The second-order valence-electron chi connectivity index (χ2n) is 3.50. The van der Waals surface area contributed by atoms with Gasteiger partial charge in [0.15, 0.2) is 5.82 Å². The van der Waals surface area contributed by atoms with E-state index >= 15 is 0 Å². The lowest BCUT2D eigenvalue weighted by Crippen LogP contribution is -2.12. The van der Waals surface area contributed by atoms with Crippen molar-refractivity contribution in [1.29, 1.82) is 0 Å². The number of carbonyl (C=O) groups is 1. The molecule has 1 aromatic heterocycles. The molecule has 0 fully saturated rings. The summed E-state index contributed by atoms with van der Waals surface area (Å²) in [7, 11) is 1.80. The first-order chi connectivity index (χ1) is 8.19. The van der Waals surface area contributed by atoms with E-state index in [-0.39, 0.29) is 11.8 Å². The quantitative estimate of drug-likeness (QED) is 0.843. The van der Waals surface area contributed by atoms with Gasteiger partial charge in [-0.3, -0.25) is 9.48 Å². The largest absolute Gasteiger partial charge is 0.325 e. The molecule has 2 rings (SSSR count). The number of carbonyl (C=O) groups excluding carboxylic acids is 1. The van der Waals surface area contributed by atoms with Crippen LogP contribution in [0, 0.1) is 0 Å². The van der Waals surface area contributed by atoms with Crippen LogP contribution in [0.2, 0.25) is 0 Å².